The molecule has 6 nitrogen and oxygen atoms in total. The highest BCUT2D eigenvalue weighted by molar-refractivity contribution is 6.30. The molecule has 2 aromatic rings. The predicted molar refractivity (Wildman–Crippen MR) is 92.9 cm³/mol. The Morgan fingerprint density at radius 1 is 1.33 bits per heavy atom. The molecule has 1 amide bonds. The first-order valence-corrected chi connectivity index (χ1v) is 8.41. The third-order valence-corrected chi connectivity index (χ3v) is 4.50. The molecular weight excluding hydrogens is 328 g/mol. The fraction of sp³-hybridized carbons (Fsp3) is 0.412. The van der Waals surface area contributed by atoms with Gasteiger partial charge in [0.15, 0.2) is 0 Å². The Morgan fingerprint density at radius 3 is 2.75 bits per heavy atom. The molecule has 1 saturated heterocycles. The fourth-order valence-corrected chi connectivity index (χ4v) is 2.89. The summed E-state index contributed by atoms with van der Waals surface area (Å²) < 4.78 is 5.39. The van der Waals surface area contributed by atoms with Gasteiger partial charge in [-0.1, -0.05) is 11.6 Å². The number of nitrogens with one attached hydrogen (secondary N) is 1. The first kappa shape index (κ1) is 17.0. The zero-order valence-electron chi connectivity index (χ0n) is 13.6. The second-order valence-electron chi connectivity index (χ2n) is 5.92. The van der Waals surface area contributed by atoms with Crippen molar-refractivity contribution in [2.75, 3.05) is 31.5 Å². The Kier molecular flexibility index (Phi) is 5.50. The van der Waals surface area contributed by atoms with E-state index in [1.54, 1.807) is 18.4 Å². The number of piperazine rings is 1. The number of carbonyl (C=O) groups is 1. The van der Waals surface area contributed by atoms with Crippen LogP contribution in [-0.4, -0.2) is 52.9 Å². The molecule has 0 radical (unpaired) electrons. The number of hydrogen-bond acceptors (Lipinski definition) is 5. The molecule has 128 valence electrons. The Bertz CT molecular complexity index is 652. The zero-order chi connectivity index (χ0) is 16.9. The van der Waals surface area contributed by atoms with Gasteiger partial charge >= 0.3 is 0 Å². The van der Waals surface area contributed by atoms with E-state index in [0.29, 0.717) is 10.8 Å². The summed E-state index contributed by atoms with van der Waals surface area (Å²) in [5.74, 6) is 1.44. The number of pyridine rings is 1. The van der Waals surface area contributed by atoms with Gasteiger partial charge in [0.25, 0.3) is 0 Å². The first-order valence-electron chi connectivity index (χ1n) is 8.03. The second-order valence-corrected chi connectivity index (χ2v) is 6.35. The number of nitrogens with zero attached hydrogens (tertiary/aromatic N) is 3. The molecule has 1 fully saturated rings. The van der Waals surface area contributed by atoms with Gasteiger partial charge in [0.05, 0.1) is 23.9 Å². The number of hydrogen-bond donors (Lipinski definition) is 1. The quantitative estimate of drug-likeness (QED) is 0.899. The largest absolute Gasteiger partial charge is 0.468 e. The average molecular weight is 349 g/mol. The summed E-state index contributed by atoms with van der Waals surface area (Å²) >= 11 is 5.80. The number of carbonyl (C=O) groups excluding carboxylic acids is 1. The van der Waals surface area contributed by atoms with Crippen LogP contribution in [0.4, 0.5) is 5.82 Å². The van der Waals surface area contributed by atoms with Crippen LogP contribution in [0.1, 0.15) is 12.7 Å². The highest BCUT2D eigenvalue weighted by Crippen LogP contribution is 2.13. The Labute approximate surface area is 146 Å². The number of aromatic nitrogens is 1. The second kappa shape index (κ2) is 7.79. The van der Waals surface area contributed by atoms with Crippen LogP contribution in [0.15, 0.2) is 41.1 Å². The van der Waals surface area contributed by atoms with E-state index in [9.17, 15) is 4.79 Å². The van der Waals surface area contributed by atoms with E-state index in [1.165, 1.54) is 6.20 Å². The predicted octanol–water partition coefficient (Wildman–Crippen LogP) is 2.47. The number of halogens is 1. The van der Waals surface area contributed by atoms with Crippen molar-refractivity contribution in [1.29, 1.82) is 0 Å². The summed E-state index contributed by atoms with van der Waals surface area (Å²) in [7, 11) is 0. The molecule has 0 aromatic carbocycles. The minimum Gasteiger partial charge on any atom is -0.468 e. The molecule has 0 bridgehead atoms. The monoisotopic (exact) mass is 348 g/mol. The van der Waals surface area contributed by atoms with E-state index in [-0.39, 0.29) is 11.9 Å². The van der Waals surface area contributed by atoms with Crippen molar-refractivity contribution in [1.82, 2.24) is 14.8 Å². The van der Waals surface area contributed by atoms with Crippen molar-refractivity contribution < 1.29 is 9.21 Å². The van der Waals surface area contributed by atoms with Crippen LogP contribution in [0.5, 0.6) is 0 Å². The Morgan fingerprint density at radius 2 is 2.12 bits per heavy atom. The molecule has 0 aliphatic carbocycles. The normalized spacial score (nSPS) is 17.6. The number of anilines is 1. The van der Waals surface area contributed by atoms with Crippen LogP contribution in [-0.2, 0) is 11.3 Å². The summed E-state index contributed by atoms with van der Waals surface area (Å²) in [4.78, 5) is 21.0. The minimum atomic E-state index is -0.201. The average Bonchev–Trinajstić information content (AvgIpc) is 3.10. The van der Waals surface area contributed by atoms with Gasteiger partial charge in [-0.05, 0) is 31.2 Å². The lowest BCUT2D eigenvalue weighted by Crippen LogP contribution is -2.52. The van der Waals surface area contributed by atoms with Crippen molar-refractivity contribution in [3.8, 4) is 0 Å². The van der Waals surface area contributed by atoms with E-state index in [1.807, 2.05) is 19.1 Å². The lowest BCUT2D eigenvalue weighted by Gasteiger charge is -2.37. The molecule has 2 aromatic heterocycles. The third kappa shape index (κ3) is 4.35. The van der Waals surface area contributed by atoms with Gasteiger partial charge in [-0.15, -0.1) is 0 Å². The lowest BCUT2D eigenvalue weighted by molar-refractivity contribution is -0.121. The molecule has 3 rings (SSSR count). The van der Waals surface area contributed by atoms with Crippen LogP contribution >= 0.6 is 11.6 Å². The van der Waals surface area contributed by atoms with Crippen LogP contribution in [0.25, 0.3) is 0 Å². The van der Waals surface area contributed by atoms with Crippen LogP contribution in [0.2, 0.25) is 5.02 Å². The fourth-order valence-electron chi connectivity index (χ4n) is 2.78. The van der Waals surface area contributed by atoms with Crippen molar-refractivity contribution in [2.45, 2.75) is 19.5 Å². The molecule has 0 saturated carbocycles. The van der Waals surface area contributed by atoms with Crippen molar-refractivity contribution in [3.05, 3.63) is 47.5 Å². The maximum absolute atomic E-state index is 12.4. The SMILES string of the molecule is C[C@H](C(=O)Nc1ccc(Cl)cn1)N1CCN(Cc2ccco2)CC1. The van der Waals surface area contributed by atoms with Crippen molar-refractivity contribution in [3.63, 3.8) is 0 Å². The Hall–Kier alpha value is -1.89. The number of furan rings is 1. The van der Waals surface area contributed by atoms with Crippen LogP contribution in [0, 0.1) is 0 Å². The lowest BCUT2D eigenvalue weighted by atomic mass is 10.2. The molecule has 1 aliphatic heterocycles. The smallest absolute Gasteiger partial charge is 0.242 e. The van der Waals surface area contributed by atoms with Gasteiger partial charge in [0.2, 0.25) is 5.91 Å². The van der Waals surface area contributed by atoms with Crippen LogP contribution < -0.4 is 5.32 Å². The van der Waals surface area contributed by atoms with Crippen molar-refractivity contribution >= 4 is 23.3 Å². The first-order chi connectivity index (χ1) is 11.6. The molecule has 3 heterocycles. The van der Waals surface area contributed by atoms with E-state index in [4.69, 9.17) is 16.0 Å². The van der Waals surface area contributed by atoms with Gasteiger partial charge < -0.3 is 9.73 Å². The Balaban J connectivity index is 1.48. The minimum absolute atomic E-state index is 0.0516. The standard InChI is InChI=1S/C17H21ClN4O2/c1-13(17(23)20-16-5-4-14(18)11-19-16)22-8-6-21(7-9-22)12-15-3-2-10-24-15/h2-5,10-11,13H,6-9,12H2,1H3,(H,19,20,23)/t13-/m1/s1. The van der Waals surface area contributed by atoms with Gasteiger partial charge in [-0.2, -0.15) is 0 Å². The summed E-state index contributed by atoms with van der Waals surface area (Å²) in [5, 5.41) is 3.38. The summed E-state index contributed by atoms with van der Waals surface area (Å²) in [5.41, 5.74) is 0. The molecule has 1 atom stereocenters. The third-order valence-electron chi connectivity index (χ3n) is 4.27. The van der Waals surface area contributed by atoms with E-state index in [0.717, 1.165) is 38.5 Å². The molecular formula is C17H21ClN4O2. The highest BCUT2D eigenvalue weighted by atomic mass is 35.5. The van der Waals surface area contributed by atoms with Gasteiger partial charge in [-0.25, -0.2) is 4.98 Å². The number of amides is 1. The summed E-state index contributed by atoms with van der Waals surface area (Å²) in [6.45, 7) is 6.27. The van der Waals surface area contributed by atoms with E-state index >= 15 is 0 Å². The molecule has 1 aliphatic rings. The van der Waals surface area contributed by atoms with Gasteiger partial charge in [0.1, 0.15) is 11.6 Å². The zero-order valence-corrected chi connectivity index (χ0v) is 14.4. The molecule has 1 N–H and O–H groups in total. The molecule has 0 spiro atoms. The topological polar surface area (TPSA) is 61.6 Å². The molecule has 7 heteroatoms. The summed E-state index contributed by atoms with van der Waals surface area (Å²) in [6, 6.07) is 7.11. The highest BCUT2D eigenvalue weighted by Gasteiger charge is 2.26. The van der Waals surface area contributed by atoms with E-state index in [2.05, 4.69) is 20.1 Å². The van der Waals surface area contributed by atoms with Crippen molar-refractivity contribution in [2.24, 2.45) is 0 Å². The van der Waals surface area contributed by atoms with Gasteiger partial charge in [0, 0.05) is 32.4 Å². The maximum atomic E-state index is 12.4. The van der Waals surface area contributed by atoms with Crippen LogP contribution in [0.3, 0.4) is 0 Å². The summed E-state index contributed by atoms with van der Waals surface area (Å²) in [6.07, 6.45) is 3.22. The molecule has 0 unspecified atom stereocenters. The van der Waals surface area contributed by atoms with E-state index < -0.39 is 0 Å². The number of rotatable bonds is 5. The van der Waals surface area contributed by atoms with Gasteiger partial charge in [-0.3, -0.25) is 14.6 Å². The molecule has 24 heavy (non-hydrogen) atoms. The maximum Gasteiger partial charge on any atom is 0.242 e.